The minimum absolute atomic E-state index is 0.354. The molecule has 0 atom stereocenters. The number of rotatable bonds is 5. The van der Waals surface area contributed by atoms with E-state index in [1.54, 1.807) is 6.07 Å². The Morgan fingerprint density at radius 1 is 0.440 bits per heavy atom. The van der Waals surface area contributed by atoms with E-state index < -0.39 is 0 Å². The molecule has 5 heteroatoms. The number of nitriles is 1. The van der Waals surface area contributed by atoms with Gasteiger partial charge in [-0.05, 0) is 64.2 Å². The van der Waals surface area contributed by atoms with Crippen LogP contribution < -0.4 is 4.90 Å². The molecule has 0 radical (unpaired) electrons. The lowest BCUT2D eigenvalue weighted by Gasteiger charge is -2.22. The number of nitrogens with zero attached hydrogens (tertiary/aromatic N) is 3. The fraction of sp³-hybridized carbons (Fsp3) is 0. The molecule has 50 heavy (non-hydrogen) atoms. The summed E-state index contributed by atoms with van der Waals surface area (Å²) in [6.07, 6.45) is 0. The molecular weight excluding hydrogens is 615 g/mol. The molecule has 5 nitrogen and oxygen atoms in total. The van der Waals surface area contributed by atoms with Crippen LogP contribution in [0.1, 0.15) is 26.3 Å². The fourth-order valence-corrected chi connectivity index (χ4v) is 7.40. The van der Waals surface area contributed by atoms with Crippen LogP contribution in [-0.4, -0.2) is 16.4 Å². The van der Waals surface area contributed by atoms with Gasteiger partial charge in [-0.25, -0.2) is 4.90 Å². The zero-order valence-electron chi connectivity index (χ0n) is 26.7. The Kier molecular flexibility index (Phi) is 6.75. The predicted molar refractivity (Wildman–Crippen MR) is 199 cm³/mol. The van der Waals surface area contributed by atoms with E-state index in [-0.39, 0.29) is 11.8 Å². The molecule has 1 aliphatic heterocycles. The number of carbonyl (C=O) groups is 2. The van der Waals surface area contributed by atoms with Gasteiger partial charge in [0.25, 0.3) is 11.8 Å². The second-order valence-electron chi connectivity index (χ2n) is 12.3. The van der Waals surface area contributed by atoms with Crippen molar-refractivity contribution in [2.75, 3.05) is 4.90 Å². The standard InChI is InChI=1S/C45H27N3O2/c46-28-32-17-7-8-18-33(32)31-25-26-36-35-19-9-10-22-38(35)47(41(36)27-31)40-24-12-21-37-43(40)45(50)48(44(37)49)39-23-11-20-34(29-13-3-1-4-14-29)42(39)30-15-5-2-6-16-30/h1-27H. The molecule has 0 saturated carbocycles. The van der Waals surface area contributed by atoms with Crippen molar-refractivity contribution in [3.8, 4) is 45.1 Å². The first-order chi connectivity index (χ1) is 24.6. The summed E-state index contributed by atoms with van der Waals surface area (Å²) < 4.78 is 2.08. The van der Waals surface area contributed by atoms with Crippen LogP contribution in [0.5, 0.6) is 0 Å². The van der Waals surface area contributed by atoms with Crippen LogP contribution in [0.3, 0.4) is 0 Å². The zero-order valence-corrected chi connectivity index (χ0v) is 26.7. The van der Waals surface area contributed by atoms with Crippen molar-refractivity contribution in [3.63, 3.8) is 0 Å². The topological polar surface area (TPSA) is 66.1 Å². The van der Waals surface area contributed by atoms with Crippen molar-refractivity contribution < 1.29 is 9.59 Å². The molecule has 2 heterocycles. The summed E-state index contributed by atoms with van der Waals surface area (Å²) in [7, 11) is 0. The van der Waals surface area contributed by atoms with E-state index in [4.69, 9.17) is 0 Å². The number of fused-ring (bicyclic) bond motifs is 4. The maximum Gasteiger partial charge on any atom is 0.268 e. The number of imide groups is 1. The van der Waals surface area contributed by atoms with Crippen molar-refractivity contribution in [1.29, 1.82) is 5.26 Å². The normalized spacial score (nSPS) is 12.4. The van der Waals surface area contributed by atoms with Gasteiger partial charge in [0.15, 0.2) is 0 Å². The lowest BCUT2D eigenvalue weighted by atomic mass is 9.92. The lowest BCUT2D eigenvalue weighted by Crippen LogP contribution is -2.30. The number of benzene rings is 7. The summed E-state index contributed by atoms with van der Waals surface area (Å²) in [5.41, 5.74) is 9.60. The van der Waals surface area contributed by atoms with Crippen LogP contribution in [0.15, 0.2) is 164 Å². The first-order valence-corrected chi connectivity index (χ1v) is 16.4. The Labute approximate surface area is 288 Å². The highest BCUT2D eigenvalue weighted by atomic mass is 16.2. The van der Waals surface area contributed by atoms with E-state index in [2.05, 4.69) is 28.8 Å². The van der Waals surface area contributed by atoms with Crippen molar-refractivity contribution in [1.82, 2.24) is 4.57 Å². The third-order valence-electron chi connectivity index (χ3n) is 9.60. The van der Waals surface area contributed by atoms with Gasteiger partial charge in [-0.3, -0.25) is 9.59 Å². The maximum absolute atomic E-state index is 14.9. The summed E-state index contributed by atoms with van der Waals surface area (Å²) in [4.78, 5) is 30.7. The van der Waals surface area contributed by atoms with Gasteiger partial charge in [-0.2, -0.15) is 5.26 Å². The van der Waals surface area contributed by atoms with Crippen LogP contribution in [0, 0.1) is 11.3 Å². The van der Waals surface area contributed by atoms with Gasteiger partial charge in [-0.15, -0.1) is 0 Å². The van der Waals surface area contributed by atoms with E-state index in [0.29, 0.717) is 28.1 Å². The Hall–Kier alpha value is -7.03. The van der Waals surface area contributed by atoms with E-state index in [9.17, 15) is 14.9 Å². The average Bonchev–Trinajstić information content (AvgIpc) is 3.65. The largest absolute Gasteiger partial charge is 0.308 e. The Morgan fingerprint density at radius 2 is 1.06 bits per heavy atom. The van der Waals surface area contributed by atoms with Crippen molar-refractivity contribution in [2.24, 2.45) is 0 Å². The number of aromatic nitrogens is 1. The molecule has 7 aromatic carbocycles. The SMILES string of the molecule is N#Cc1ccccc1-c1ccc2c3ccccc3n(-c3cccc4c3C(=O)N(c3cccc(-c5ccccc5)c3-c3ccccc3)C4=O)c2c1. The molecule has 0 aliphatic carbocycles. The smallest absolute Gasteiger partial charge is 0.268 e. The second-order valence-corrected chi connectivity index (χ2v) is 12.3. The molecule has 0 bridgehead atoms. The van der Waals surface area contributed by atoms with Gasteiger partial charge in [0.05, 0.1) is 45.2 Å². The second kappa shape index (κ2) is 11.6. The number of anilines is 1. The zero-order chi connectivity index (χ0) is 33.8. The third kappa shape index (κ3) is 4.40. The molecular formula is C45H27N3O2. The Balaban J connectivity index is 1.27. The van der Waals surface area contributed by atoms with Gasteiger partial charge in [-0.1, -0.05) is 127 Å². The first-order valence-electron chi connectivity index (χ1n) is 16.4. The number of hydrogen-bond donors (Lipinski definition) is 0. The van der Waals surface area contributed by atoms with Gasteiger partial charge in [0.1, 0.15) is 0 Å². The van der Waals surface area contributed by atoms with Gasteiger partial charge in [0.2, 0.25) is 0 Å². The summed E-state index contributed by atoms with van der Waals surface area (Å²) in [5.74, 6) is -0.737. The molecule has 1 aliphatic rings. The lowest BCUT2D eigenvalue weighted by molar-refractivity contribution is 0.0926. The van der Waals surface area contributed by atoms with Crippen molar-refractivity contribution in [2.45, 2.75) is 0 Å². The van der Waals surface area contributed by atoms with Crippen molar-refractivity contribution in [3.05, 3.63) is 180 Å². The fourth-order valence-electron chi connectivity index (χ4n) is 7.40. The highest BCUT2D eigenvalue weighted by Gasteiger charge is 2.40. The van der Waals surface area contributed by atoms with Gasteiger partial charge < -0.3 is 4.57 Å². The predicted octanol–water partition coefficient (Wildman–Crippen LogP) is 10.5. The quantitative estimate of drug-likeness (QED) is 0.176. The molecule has 0 saturated heterocycles. The summed E-state index contributed by atoms with van der Waals surface area (Å²) in [6, 6.07) is 55.3. The van der Waals surface area contributed by atoms with E-state index >= 15 is 0 Å². The summed E-state index contributed by atoms with van der Waals surface area (Å²) in [5, 5.41) is 11.9. The van der Waals surface area contributed by atoms with Crippen molar-refractivity contribution >= 4 is 39.3 Å². The minimum atomic E-state index is -0.375. The van der Waals surface area contributed by atoms with E-state index in [0.717, 1.165) is 55.2 Å². The van der Waals surface area contributed by atoms with Crippen LogP contribution in [0.2, 0.25) is 0 Å². The van der Waals surface area contributed by atoms with Crippen LogP contribution in [0.4, 0.5) is 5.69 Å². The third-order valence-corrected chi connectivity index (χ3v) is 9.60. The van der Waals surface area contributed by atoms with E-state index in [1.807, 2.05) is 140 Å². The molecule has 234 valence electrons. The van der Waals surface area contributed by atoms with Crippen LogP contribution >= 0.6 is 0 Å². The molecule has 8 aromatic rings. The highest BCUT2D eigenvalue weighted by molar-refractivity contribution is 6.36. The molecule has 0 fully saturated rings. The van der Waals surface area contributed by atoms with Gasteiger partial charge in [0, 0.05) is 16.3 Å². The Morgan fingerprint density at radius 3 is 1.84 bits per heavy atom. The molecule has 0 spiro atoms. The highest BCUT2D eigenvalue weighted by Crippen LogP contribution is 2.44. The Bertz CT molecular complexity index is 2700. The number of carbonyl (C=O) groups excluding carboxylic acids is 2. The molecule has 0 N–H and O–H groups in total. The summed E-state index contributed by atoms with van der Waals surface area (Å²) in [6.45, 7) is 0. The molecule has 2 amide bonds. The minimum Gasteiger partial charge on any atom is -0.308 e. The molecule has 1 aromatic heterocycles. The van der Waals surface area contributed by atoms with E-state index in [1.165, 1.54) is 4.90 Å². The molecule has 0 unspecified atom stereocenters. The van der Waals surface area contributed by atoms with Crippen LogP contribution in [-0.2, 0) is 0 Å². The number of hydrogen-bond acceptors (Lipinski definition) is 3. The van der Waals surface area contributed by atoms with Gasteiger partial charge >= 0.3 is 0 Å². The first kappa shape index (κ1) is 29.1. The maximum atomic E-state index is 14.9. The monoisotopic (exact) mass is 641 g/mol. The average molecular weight is 642 g/mol. The van der Waals surface area contributed by atoms with Crippen LogP contribution in [0.25, 0.3) is 60.9 Å². The molecule has 9 rings (SSSR count). The number of para-hydroxylation sites is 1. The number of amides is 2. The summed E-state index contributed by atoms with van der Waals surface area (Å²) >= 11 is 0.